The van der Waals surface area contributed by atoms with Crippen molar-refractivity contribution in [1.29, 1.82) is 0 Å². The van der Waals surface area contributed by atoms with Crippen molar-refractivity contribution in [1.82, 2.24) is 0 Å². The predicted octanol–water partition coefficient (Wildman–Crippen LogP) is 1.99. The molecule has 0 bridgehead atoms. The quantitative estimate of drug-likeness (QED) is 0.833. The summed E-state index contributed by atoms with van der Waals surface area (Å²) in [5.41, 5.74) is -3.12. The Hall–Kier alpha value is -1.52. The van der Waals surface area contributed by atoms with E-state index in [0.29, 0.717) is 0 Å². The van der Waals surface area contributed by atoms with Crippen molar-refractivity contribution >= 4 is 0 Å². The molecule has 0 aromatic carbocycles. The Bertz CT molecular complexity index is 393. The summed E-state index contributed by atoms with van der Waals surface area (Å²) in [4.78, 5) is 0. The Morgan fingerprint density at radius 1 is 0.875 bits per heavy atom. The molecule has 2 aromatic heterocycles. The zero-order valence-electron chi connectivity index (χ0n) is 9.18. The lowest BCUT2D eigenvalue weighted by Crippen LogP contribution is -2.44. The van der Waals surface area contributed by atoms with Crippen LogP contribution in [0.5, 0.6) is 0 Å². The van der Waals surface area contributed by atoms with Gasteiger partial charge in [0.15, 0.2) is 11.2 Å². The van der Waals surface area contributed by atoms with Gasteiger partial charge in [-0.15, -0.1) is 0 Å². The molecule has 0 spiro atoms. The first kappa shape index (κ1) is 11.0. The van der Waals surface area contributed by atoms with Crippen molar-refractivity contribution in [2.75, 3.05) is 0 Å². The highest BCUT2D eigenvalue weighted by atomic mass is 16.4. The van der Waals surface area contributed by atoms with E-state index in [2.05, 4.69) is 0 Å². The molecule has 4 heteroatoms. The molecule has 2 atom stereocenters. The first-order chi connectivity index (χ1) is 7.46. The van der Waals surface area contributed by atoms with E-state index < -0.39 is 11.2 Å². The van der Waals surface area contributed by atoms with Crippen LogP contribution >= 0.6 is 0 Å². The molecule has 2 rings (SSSR count). The maximum Gasteiger partial charge on any atom is 0.155 e. The van der Waals surface area contributed by atoms with Crippen LogP contribution in [-0.4, -0.2) is 10.2 Å². The highest BCUT2D eigenvalue weighted by molar-refractivity contribution is 5.21. The predicted molar refractivity (Wildman–Crippen MR) is 56.6 cm³/mol. The largest absolute Gasteiger partial charge is 0.466 e. The molecule has 0 fully saturated rings. The zero-order chi connectivity index (χ0) is 11.8. The van der Waals surface area contributed by atoms with Crippen LogP contribution in [0.2, 0.25) is 0 Å². The second kappa shape index (κ2) is 3.50. The van der Waals surface area contributed by atoms with Crippen LogP contribution in [0.1, 0.15) is 25.4 Å². The molecular formula is C12H14O4. The summed E-state index contributed by atoms with van der Waals surface area (Å²) < 4.78 is 10.3. The average molecular weight is 222 g/mol. The second-order valence-electron chi connectivity index (χ2n) is 4.10. The molecule has 0 saturated heterocycles. The highest BCUT2D eigenvalue weighted by Gasteiger charge is 2.48. The van der Waals surface area contributed by atoms with Gasteiger partial charge in [-0.25, -0.2) is 0 Å². The van der Waals surface area contributed by atoms with Crippen LogP contribution in [0.4, 0.5) is 0 Å². The molecule has 86 valence electrons. The molecule has 2 N–H and O–H groups in total. The Balaban J connectivity index is 2.44. The highest BCUT2D eigenvalue weighted by Crippen LogP contribution is 2.40. The van der Waals surface area contributed by atoms with Crippen molar-refractivity contribution in [3.05, 3.63) is 48.3 Å². The molecule has 0 aliphatic carbocycles. The van der Waals surface area contributed by atoms with Crippen molar-refractivity contribution < 1.29 is 19.0 Å². The van der Waals surface area contributed by atoms with E-state index in [1.807, 2.05) is 0 Å². The van der Waals surface area contributed by atoms with Crippen molar-refractivity contribution in [3.8, 4) is 0 Å². The smallest absolute Gasteiger partial charge is 0.155 e. The van der Waals surface area contributed by atoms with Crippen LogP contribution in [0, 0.1) is 0 Å². The third-order valence-corrected chi connectivity index (χ3v) is 2.95. The molecule has 0 unspecified atom stereocenters. The lowest BCUT2D eigenvalue weighted by molar-refractivity contribution is -0.162. The molecule has 4 nitrogen and oxygen atoms in total. The van der Waals surface area contributed by atoms with Gasteiger partial charge in [-0.05, 0) is 38.1 Å². The van der Waals surface area contributed by atoms with Crippen molar-refractivity contribution in [3.63, 3.8) is 0 Å². The van der Waals surface area contributed by atoms with E-state index in [0.717, 1.165) is 0 Å². The van der Waals surface area contributed by atoms with Crippen LogP contribution in [0.3, 0.4) is 0 Å². The van der Waals surface area contributed by atoms with E-state index in [4.69, 9.17) is 8.83 Å². The summed E-state index contributed by atoms with van der Waals surface area (Å²) in [6.07, 6.45) is 2.89. The minimum Gasteiger partial charge on any atom is -0.466 e. The van der Waals surface area contributed by atoms with E-state index in [9.17, 15) is 10.2 Å². The van der Waals surface area contributed by atoms with E-state index in [1.165, 1.54) is 26.4 Å². The lowest BCUT2D eigenvalue weighted by atomic mass is 9.82. The molecule has 0 radical (unpaired) electrons. The van der Waals surface area contributed by atoms with Gasteiger partial charge in [0.05, 0.1) is 12.5 Å². The standard InChI is InChI=1S/C12H14O4/c1-11(13,9-5-3-7-15-9)12(2,14)10-6-4-8-16-10/h3-8,13-14H,1-2H3/t11-,12-/m1/s1. The molecule has 0 aliphatic heterocycles. The topological polar surface area (TPSA) is 66.7 Å². The molecule has 2 aromatic rings. The molecular weight excluding hydrogens is 208 g/mol. The van der Waals surface area contributed by atoms with Gasteiger partial charge in [0.2, 0.25) is 0 Å². The number of rotatable bonds is 3. The minimum atomic E-state index is -1.56. The van der Waals surface area contributed by atoms with Gasteiger partial charge in [-0.1, -0.05) is 0 Å². The third-order valence-electron chi connectivity index (χ3n) is 2.95. The summed E-state index contributed by atoms with van der Waals surface area (Å²) in [5.74, 6) is 0.572. The normalized spacial score (nSPS) is 19.0. The van der Waals surface area contributed by atoms with Gasteiger partial charge < -0.3 is 19.0 Å². The molecule has 2 heterocycles. The van der Waals surface area contributed by atoms with E-state index in [-0.39, 0.29) is 11.5 Å². The van der Waals surface area contributed by atoms with Crippen LogP contribution in [0.15, 0.2) is 45.6 Å². The number of hydrogen-bond donors (Lipinski definition) is 2. The van der Waals surface area contributed by atoms with Gasteiger partial charge in [-0.3, -0.25) is 0 Å². The summed E-state index contributed by atoms with van der Waals surface area (Å²) in [6.45, 7) is 2.96. The fourth-order valence-electron chi connectivity index (χ4n) is 1.59. The van der Waals surface area contributed by atoms with E-state index in [1.54, 1.807) is 24.3 Å². The van der Waals surface area contributed by atoms with Gasteiger partial charge in [0.1, 0.15) is 11.5 Å². The Kier molecular flexibility index (Phi) is 2.40. The van der Waals surface area contributed by atoms with Crippen molar-refractivity contribution in [2.24, 2.45) is 0 Å². The van der Waals surface area contributed by atoms with E-state index >= 15 is 0 Å². The molecule has 0 amide bonds. The third kappa shape index (κ3) is 1.47. The second-order valence-corrected chi connectivity index (χ2v) is 4.10. The Labute approximate surface area is 93.1 Å². The summed E-state index contributed by atoms with van der Waals surface area (Å²) in [7, 11) is 0. The summed E-state index contributed by atoms with van der Waals surface area (Å²) in [6, 6.07) is 6.53. The van der Waals surface area contributed by atoms with Gasteiger partial charge in [-0.2, -0.15) is 0 Å². The lowest BCUT2D eigenvalue weighted by Gasteiger charge is -2.35. The Morgan fingerprint density at radius 2 is 1.25 bits per heavy atom. The Morgan fingerprint density at radius 3 is 1.50 bits per heavy atom. The number of furan rings is 2. The maximum absolute atomic E-state index is 10.4. The van der Waals surface area contributed by atoms with Crippen molar-refractivity contribution in [2.45, 2.75) is 25.0 Å². The first-order valence-electron chi connectivity index (χ1n) is 4.99. The fourth-order valence-corrected chi connectivity index (χ4v) is 1.59. The zero-order valence-corrected chi connectivity index (χ0v) is 9.18. The molecule has 16 heavy (non-hydrogen) atoms. The average Bonchev–Trinajstić information content (AvgIpc) is 2.91. The van der Waals surface area contributed by atoms with Gasteiger partial charge in [0, 0.05) is 0 Å². The van der Waals surface area contributed by atoms with Crippen LogP contribution in [-0.2, 0) is 11.2 Å². The summed E-state index contributed by atoms with van der Waals surface area (Å²) >= 11 is 0. The number of aliphatic hydroxyl groups is 2. The number of hydrogen-bond acceptors (Lipinski definition) is 4. The fraction of sp³-hybridized carbons (Fsp3) is 0.333. The van der Waals surface area contributed by atoms with Crippen LogP contribution in [0.25, 0.3) is 0 Å². The minimum absolute atomic E-state index is 0.286. The van der Waals surface area contributed by atoms with Crippen LogP contribution < -0.4 is 0 Å². The first-order valence-corrected chi connectivity index (χ1v) is 4.99. The molecule has 0 aliphatic rings. The van der Waals surface area contributed by atoms with Gasteiger partial charge >= 0.3 is 0 Å². The SMILES string of the molecule is C[C@@](O)(c1ccco1)[C@](C)(O)c1ccco1. The monoisotopic (exact) mass is 222 g/mol. The summed E-state index contributed by atoms with van der Waals surface area (Å²) in [5, 5.41) is 20.7. The molecule has 0 saturated carbocycles. The van der Waals surface area contributed by atoms with Gasteiger partial charge in [0.25, 0.3) is 0 Å². The maximum atomic E-state index is 10.4.